The van der Waals surface area contributed by atoms with E-state index in [1.165, 1.54) is 6.92 Å². The summed E-state index contributed by atoms with van der Waals surface area (Å²) in [5.41, 5.74) is -11.0. The van der Waals surface area contributed by atoms with Gasteiger partial charge in [0.1, 0.15) is 12.5 Å². The highest BCUT2D eigenvalue weighted by atomic mass is 19.2. The molecule has 1 atom stereocenters. The predicted molar refractivity (Wildman–Crippen MR) is 108 cm³/mol. The molecule has 0 amide bonds. The van der Waals surface area contributed by atoms with Gasteiger partial charge < -0.3 is 0 Å². The number of hydrogen-bond acceptors (Lipinski definition) is 0. The Morgan fingerprint density at radius 3 is 1.42 bits per heavy atom. The van der Waals surface area contributed by atoms with Gasteiger partial charge in [0.25, 0.3) is 0 Å². The number of rotatable bonds is 7. The third-order valence-electron chi connectivity index (χ3n) is 5.34. The molecule has 2 rings (SSSR count). The summed E-state index contributed by atoms with van der Waals surface area (Å²) in [6, 6.07) is 0. The minimum atomic E-state index is -2.77. The Labute approximate surface area is 197 Å². The van der Waals surface area contributed by atoms with Crippen LogP contribution in [0, 0.1) is 46.5 Å². The van der Waals surface area contributed by atoms with Crippen LogP contribution in [-0.4, -0.2) is 6.67 Å². The van der Waals surface area contributed by atoms with Crippen molar-refractivity contribution in [2.24, 2.45) is 0 Å². The maximum atomic E-state index is 14.8. The van der Waals surface area contributed by atoms with E-state index in [0.29, 0.717) is 0 Å². The van der Waals surface area contributed by atoms with Gasteiger partial charge in [0, 0.05) is 5.56 Å². The molecule has 0 aliphatic carbocycles. The molecule has 0 aliphatic rings. The van der Waals surface area contributed by atoms with E-state index in [9.17, 15) is 52.7 Å². The lowest BCUT2D eigenvalue weighted by Gasteiger charge is -2.18. The van der Waals surface area contributed by atoms with Crippen molar-refractivity contribution >= 4 is 5.57 Å². The highest BCUT2D eigenvalue weighted by Gasteiger charge is 2.37. The summed E-state index contributed by atoms with van der Waals surface area (Å²) in [5, 5.41) is 0. The van der Waals surface area contributed by atoms with Crippen LogP contribution in [0.1, 0.15) is 44.2 Å². The Hall–Kier alpha value is -3.18. The lowest BCUT2D eigenvalue weighted by atomic mass is 9.91. The van der Waals surface area contributed by atoms with E-state index in [1.807, 2.05) is 0 Å². The highest BCUT2D eigenvalue weighted by molar-refractivity contribution is 5.82. The van der Waals surface area contributed by atoms with Crippen molar-refractivity contribution in [1.82, 2.24) is 0 Å². The van der Waals surface area contributed by atoms with E-state index in [1.54, 1.807) is 0 Å². The Bertz CT molecular complexity index is 1250. The molecule has 12 heteroatoms. The lowest BCUT2D eigenvalue weighted by Crippen LogP contribution is -2.13. The van der Waals surface area contributed by atoms with Crippen LogP contribution >= 0.6 is 0 Å². The standard InChI is InChI=1S/C24H16F12/c1-5-8(4)10-16(28)21(33)13(22(34)17(10)29)14-23(35)19(31)12(20(32)24(14)36)11(9(26)6-25)18(30)15(27)7(2)3/h8H,2,5-6H2,1,3-4H3/b11-9+,18-15-. The molecular formula is C24H16F12. The van der Waals surface area contributed by atoms with E-state index in [2.05, 4.69) is 6.58 Å². The summed E-state index contributed by atoms with van der Waals surface area (Å²) in [6.07, 6.45) is -0.0399. The van der Waals surface area contributed by atoms with Gasteiger partial charge in [-0.1, -0.05) is 20.4 Å². The number of benzene rings is 2. The molecule has 0 nitrogen and oxygen atoms in total. The summed E-state index contributed by atoms with van der Waals surface area (Å²) in [5.74, 6) is -28.2. The molecule has 1 unspecified atom stereocenters. The van der Waals surface area contributed by atoms with Crippen molar-refractivity contribution in [3.8, 4) is 11.1 Å². The first-order valence-electron chi connectivity index (χ1n) is 10.0. The number of alkyl halides is 1. The minimum Gasteiger partial charge on any atom is -0.243 e. The van der Waals surface area contributed by atoms with Crippen LogP contribution in [0.5, 0.6) is 0 Å². The SMILES string of the molecule is C=C(C)/C(F)=C(F)\C(=C(\F)CF)c1c(F)c(F)c(-c2c(F)c(F)c(C(C)CC)c(F)c2F)c(F)c1F. The molecule has 196 valence electrons. The van der Waals surface area contributed by atoms with Crippen LogP contribution < -0.4 is 0 Å². The maximum Gasteiger partial charge on any atom is 0.170 e. The van der Waals surface area contributed by atoms with Crippen LogP contribution in [0.3, 0.4) is 0 Å². The largest absolute Gasteiger partial charge is 0.243 e. The number of hydrogen-bond donors (Lipinski definition) is 0. The Morgan fingerprint density at radius 2 is 1.08 bits per heavy atom. The fraction of sp³-hybridized carbons (Fsp3) is 0.250. The van der Waals surface area contributed by atoms with Crippen LogP contribution in [-0.2, 0) is 0 Å². The number of halogens is 12. The van der Waals surface area contributed by atoms with E-state index in [-0.39, 0.29) is 6.42 Å². The molecule has 0 heterocycles. The molecule has 0 bridgehead atoms. The average molecular weight is 532 g/mol. The quantitative estimate of drug-likeness (QED) is 0.189. The monoisotopic (exact) mass is 532 g/mol. The van der Waals surface area contributed by atoms with E-state index in [4.69, 9.17) is 0 Å². The molecule has 0 aromatic heterocycles. The van der Waals surface area contributed by atoms with Crippen LogP contribution in [0.15, 0.2) is 29.6 Å². The molecule has 2 aromatic rings. The minimum absolute atomic E-state index is 0.0399. The van der Waals surface area contributed by atoms with Crippen molar-refractivity contribution < 1.29 is 52.7 Å². The molecule has 0 fully saturated rings. The molecule has 36 heavy (non-hydrogen) atoms. The fourth-order valence-corrected chi connectivity index (χ4v) is 3.30. The fourth-order valence-electron chi connectivity index (χ4n) is 3.30. The Balaban J connectivity index is 3.07. The third kappa shape index (κ3) is 4.64. The van der Waals surface area contributed by atoms with Crippen molar-refractivity contribution in [3.63, 3.8) is 0 Å². The van der Waals surface area contributed by atoms with Crippen LogP contribution in [0.4, 0.5) is 52.7 Å². The average Bonchev–Trinajstić information content (AvgIpc) is 2.84. The molecule has 0 saturated heterocycles. The van der Waals surface area contributed by atoms with Gasteiger partial charge in [-0.15, -0.1) is 0 Å². The normalized spacial score (nSPS) is 14.0. The van der Waals surface area contributed by atoms with Crippen molar-refractivity contribution in [2.45, 2.75) is 33.1 Å². The van der Waals surface area contributed by atoms with Gasteiger partial charge in [0.05, 0.1) is 22.3 Å². The summed E-state index contributed by atoms with van der Waals surface area (Å²) in [6.45, 7) is 3.96. The van der Waals surface area contributed by atoms with Gasteiger partial charge in [-0.25, -0.2) is 52.7 Å². The number of allylic oxidation sites excluding steroid dienone is 5. The topological polar surface area (TPSA) is 0 Å². The van der Waals surface area contributed by atoms with Gasteiger partial charge in [-0.2, -0.15) is 0 Å². The predicted octanol–water partition coefficient (Wildman–Crippen LogP) is 9.36. The van der Waals surface area contributed by atoms with Crippen molar-refractivity contribution in [2.75, 3.05) is 6.67 Å². The summed E-state index contributed by atoms with van der Waals surface area (Å²) in [7, 11) is 0. The summed E-state index contributed by atoms with van der Waals surface area (Å²) < 4.78 is 173. The molecule has 0 aliphatic heterocycles. The van der Waals surface area contributed by atoms with Gasteiger partial charge in [0.2, 0.25) is 0 Å². The lowest BCUT2D eigenvalue weighted by molar-refractivity contribution is 0.423. The van der Waals surface area contributed by atoms with Gasteiger partial charge >= 0.3 is 0 Å². The molecular weight excluding hydrogens is 516 g/mol. The van der Waals surface area contributed by atoms with Gasteiger partial charge in [-0.3, -0.25) is 0 Å². The summed E-state index contributed by atoms with van der Waals surface area (Å²) >= 11 is 0. The van der Waals surface area contributed by atoms with E-state index < -0.39 is 110 Å². The van der Waals surface area contributed by atoms with Crippen LogP contribution in [0.25, 0.3) is 16.7 Å². The second-order valence-corrected chi connectivity index (χ2v) is 7.68. The Morgan fingerprint density at radius 1 is 0.694 bits per heavy atom. The second kappa shape index (κ2) is 10.8. The maximum absolute atomic E-state index is 14.8. The second-order valence-electron chi connectivity index (χ2n) is 7.68. The molecule has 0 radical (unpaired) electrons. The van der Waals surface area contributed by atoms with Crippen molar-refractivity contribution in [1.29, 1.82) is 0 Å². The highest BCUT2D eigenvalue weighted by Crippen LogP contribution is 2.43. The van der Waals surface area contributed by atoms with Crippen LogP contribution in [0.2, 0.25) is 0 Å². The molecule has 0 spiro atoms. The summed E-state index contributed by atoms with van der Waals surface area (Å²) in [4.78, 5) is 0. The molecule has 0 saturated carbocycles. The van der Waals surface area contributed by atoms with Crippen molar-refractivity contribution in [3.05, 3.63) is 87.3 Å². The zero-order valence-electron chi connectivity index (χ0n) is 18.7. The Kier molecular flexibility index (Phi) is 8.74. The third-order valence-corrected chi connectivity index (χ3v) is 5.34. The zero-order valence-corrected chi connectivity index (χ0v) is 18.7. The van der Waals surface area contributed by atoms with E-state index >= 15 is 0 Å². The van der Waals surface area contributed by atoms with Gasteiger partial charge in [0.15, 0.2) is 58.2 Å². The van der Waals surface area contributed by atoms with E-state index in [0.717, 1.165) is 13.8 Å². The molecule has 2 aromatic carbocycles. The first-order valence-corrected chi connectivity index (χ1v) is 10.0. The smallest absolute Gasteiger partial charge is 0.170 e. The molecule has 0 N–H and O–H groups in total. The zero-order chi connectivity index (χ0) is 27.8. The first kappa shape index (κ1) is 29.1. The first-order chi connectivity index (χ1) is 16.6. The van der Waals surface area contributed by atoms with Gasteiger partial charge in [-0.05, 0) is 24.8 Å².